The Hall–Kier alpha value is 0.0200. The van der Waals surface area contributed by atoms with Crippen molar-refractivity contribution >= 4 is 16.8 Å². The normalized spacial score (nSPS) is 18.7. The third-order valence-electron chi connectivity index (χ3n) is 2.43. The predicted octanol–water partition coefficient (Wildman–Crippen LogP) is 4.13. The van der Waals surface area contributed by atoms with E-state index in [0.717, 1.165) is 0 Å². The Bertz CT molecular complexity index is 199. The van der Waals surface area contributed by atoms with Crippen molar-refractivity contribution in [2.24, 2.45) is 10.4 Å². The summed E-state index contributed by atoms with van der Waals surface area (Å²) in [7, 11) is 0. The van der Waals surface area contributed by atoms with Crippen molar-refractivity contribution in [3.8, 4) is 0 Å². The first-order chi connectivity index (χ1) is 6.51. The maximum absolute atomic E-state index is 4.71. The van der Waals surface area contributed by atoms with Gasteiger partial charge in [-0.05, 0) is 43.8 Å². The first-order valence-electron chi connectivity index (χ1n) is 5.62. The van der Waals surface area contributed by atoms with E-state index in [9.17, 15) is 0 Å². The lowest BCUT2D eigenvalue weighted by Crippen LogP contribution is -2.05. The third kappa shape index (κ3) is 5.69. The predicted molar refractivity (Wildman–Crippen MR) is 67.3 cm³/mol. The Morgan fingerprint density at radius 3 is 2.43 bits per heavy atom. The SMILES string of the molecule is CS/C(CCCC(C)(C)C)=N/C1CC1. The molecule has 0 aromatic rings. The summed E-state index contributed by atoms with van der Waals surface area (Å²) in [5.41, 5.74) is 0.475. The van der Waals surface area contributed by atoms with Crippen LogP contribution in [0.2, 0.25) is 0 Å². The van der Waals surface area contributed by atoms with E-state index < -0.39 is 0 Å². The van der Waals surface area contributed by atoms with Crippen LogP contribution < -0.4 is 0 Å². The molecule has 0 amide bonds. The lowest BCUT2D eigenvalue weighted by Gasteiger charge is -2.17. The van der Waals surface area contributed by atoms with Crippen LogP contribution in [0.15, 0.2) is 4.99 Å². The highest BCUT2D eigenvalue weighted by atomic mass is 32.2. The maximum Gasteiger partial charge on any atom is 0.0676 e. The van der Waals surface area contributed by atoms with Crippen LogP contribution in [-0.4, -0.2) is 17.3 Å². The number of hydrogen-bond donors (Lipinski definition) is 0. The number of hydrogen-bond acceptors (Lipinski definition) is 2. The van der Waals surface area contributed by atoms with Gasteiger partial charge in [0, 0.05) is 0 Å². The highest BCUT2D eigenvalue weighted by molar-refractivity contribution is 8.13. The molecule has 14 heavy (non-hydrogen) atoms. The average molecular weight is 213 g/mol. The zero-order valence-electron chi connectivity index (χ0n) is 9.97. The van der Waals surface area contributed by atoms with Crippen LogP contribution in [0, 0.1) is 5.41 Å². The summed E-state index contributed by atoms with van der Waals surface area (Å²) in [5.74, 6) is 0. The largest absolute Gasteiger partial charge is 0.280 e. The van der Waals surface area contributed by atoms with Crippen molar-refractivity contribution in [1.82, 2.24) is 0 Å². The van der Waals surface area contributed by atoms with Crippen molar-refractivity contribution in [2.45, 2.75) is 58.9 Å². The molecular formula is C12H23NS. The van der Waals surface area contributed by atoms with Gasteiger partial charge in [0.15, 0.2) is 0 Å². The lowest BCUT2D eigenvalue weighted by molar-refractivity contribution is 0.369. The summed E-state index contributed by atoms with van der Waals surface area (Å²) in [4.78, 5) is 4.71. The zero-order valence-corrected chi connectivity index (χ0v) is 10.8. The molecule has 0 aliphatic heterocycles. The Balaban J connectivity index is 2.20. The molecule has 0 spiro atoms. The van der Waals surface area contributed by atoms with Gasteiger partial charge in [0.1, 0.15) is 0 Å². The number of thioether (sulfide) groups is 1. The Morgan fingerprint density at radius 1 is 1.36 bits per heavy atom. The van der Waals surface area contributed by atoms with Crippen molar-refractivity contribution in [3.05, 3.63) is 0 Å². The molecule has 0 heterocycles. The van der Waals surface area contributed by atoms with E-state index >= 15 is 0 Å². The van der Waals surface area contributed by atoms with Gasteiger partial charge in [-0.1, -0.05) is 20.8 Å². The summed E-state index contributed by atoms with van der Waals surface area (Å²) < 4.78 is 0. The molecule has 0 aromatic heterocycles. The number of nitrogens with zero attached hydrogens (tertiary/aromatic N) is 1. The van der Waals surface area contributed by atoms with E-state index in [1.54, 1.807) is 0 Å². The fourth-order valence-electron chi connectivity index (χ4n) is 1.40. The van der Waals surface area contributed by atoms with Crippen LogP contribution in [0.3, 0.4) is 0 Å². The average Bonchev–Trinajstić information content (AvgIpc) is 2.84. The summed E-state index contributed by atoms with van der Waals surface area (Å²) in [6, 6.07) is 0.687. The van der Waals surface area contributed by atoms with Crippen LogP contribution >= 0.6 is 11.8 Å². The van der Waals surface area contributed by atoms with Crippen molar-refractivity contribution in [3.63, 3.8) is 0 Å². The molecule has 0 aromatic carbocycles. The highest BCUT2D eigenvalue weighted by Gasteiger charge is 2.20. The van der Waals surface area contributed by atoms with Crippen LogP contribution in [0.5, 0.6) is 0 Å². The molecule has 82 valence electrons. The van der Waals surface area contributed by atoms with Gasteiger partial charge in [0.2, 0.25) is 0 Å². The fraction of sp³-hybridized carbons (Fsp3) is 0.917. The second kappa shape index (κ2) is 5.20. The van der Waals surface area contributed by atoms with Crippen molar-refractivity contribution in [1.29, 1.82) is 0 Å². The van der Waals surface area contributed by atoms with Gasteiger partial charge in [-0.2, -0.15) is 0 Å². The highest BCUT2D eigenvalue weighted by Crippen LogP contribution is 2.27. The first kappa shape index (κ1) is 12.1. The smallest absolute Gasteiger partial charge is 0.0676 e. The van der Waals surface area contributed by atoms with Crippen LogP contribution in [0.4, 0.5) is 0 Å². The molecule has 0 unspecified atom stereocenters. The summed E-state index contributed by atoms with van der Waals surface area (Å²) in [5, 5.41) is 1.37. The quantitative estimate of drug-likeness (QED) is 0.505. The van der Waals surface area contributed by atoms with Crippen LogP contribution in [0.25, 0.3) is 0 Å². The molecule has 1 aliphatic carbocycles. The van der Waals surface area contributed by atoms with Crippen LogP contribution in [0.1, 0.15) is 52.9 Å². The molecule has 1 nitrogen and oxygen atoms in total. The third-order valence-corrected chi connectivity index (χ3v) is 3.21. The summed E-state index contributed by atoms with van der Waals surface area (Å²) in [6.07, 6.45) is 8.58. The monoisotopic (exact) mass is 213 g/mol. The molecule has 1 fully saturated rings. The van der Waals surface area contributed by atoms with E-state index in [-0.39, 0.29) is 0 Å². The van der Waals surface area contributed by atoms with Crippen LogP contribution in [-0.2, 0) is 0 Å². The van der Waals surface area contributed by atoms with Gasteiger partial charge in [0.05, 0.1) is 11.1 Å². The Kier molecular flexibility index (Phi) is 4.49. The molecule has 1 aliphatic rings. The van der Waals surface area contributed by atoms with Gasteiger partial charge in [-0.25, -0.2) is 0 Å². The first-order valence-corrected chi connectivity index (χ1v) is 6.84. The van der Waals surface area contributed by atoms with E-state index in [1.807, 2.05) is 11.8 Å². The van der Waals surface area contributed by atoms with Gasteiger partial charge in [0.25, 0.3) is 0 Å². The van der Waals surface area contributed by atoms with E-state index in [0.29, 0.717) is 11.5 Å². The molecule has 0 radical (unpaired) electrons. The maximum atomic E-state index is 4.71. The van der Waals surface area contributed by atoms with E-state index in [1.165, 1.54) is 37.1 Å². The second-order valence-electron chi connectivity index (χ2n) is 5.37. The molecule has 2 heteroatoms. The minimum atomic E-state index is 0.475. The Labute approximate surface area is 92.8 Å². The molecule has 0 N–H and O–H groups in total. The minimum absolute atomic E-state index is 0.475. The summed E-state index contributed by atoms with van der Waals surface area (Å²) >= 11 is 1.84. The molecular weight excluding hydrogens is 190 g/mol. The molecule has 0 atom stereocenters. The van der Waals surface area contributed by atoms with Gasteiger partial charge >= 0.3 is 0 Å². The van der Waals surface area contributed by atoms with Crippen molar-refractivity contribution < 1.29 is 0 Å². The second-order valence-corrected chi connectivity index (χ2v) is 6.25. The van der Waals surface area contributed by atoms with Gasteiger partial charge in [-0.3, -0.25) is 4.99 Å². The van der Waals surface area contributed by atoms with Crippen molar-refractivity contribution in [2.75, 3.05) is 6.26 Å². The zero-order chi connectivity index (χ0) is 10.6. The van der Waals surface area contributed by atoms with Gasteiger partial charge in [-0.15, -0.1) is 11.8 Å². The van der Waals surface area contributed by atoms with E-state index in [2.05, 4.69) is 27.0 Å². The molecule has 0 saturated heterocycles. The Morgan fingerprint density at radius 2 is 2.00 bits per heavy atom. The fourth-order valence-corrected chi connectivity index (χ4v) is 2.00. The minimum Gasteiger partial charge on any atom is -0.280 e. The lowest BCUT2D eigenvalue weighted by atomic mass is 9.90. The molecule has 0 bridgehead atoms. The number of rotatable bonds is 4. The standard InChI is InChI=1S/C12H23NS/c1-12(2,3)9-5-6-11(14-4)13-10-7-8-10/h10H,5-9H2,1-4H3/b13-11+. The van der Waals surface area contributed by atoms with E-state index in [4.69, 9.17) is 4.99 Å². The molecule has 1 rings (SSSR count). The van der Waals surface area contributed by atoms with Gasteiger partial charge < -0.3 is 0 Å². The summed E-state index contributed by atoms with van der Waals surface area (Å²) in [6.45, 7) is 6.93. The topological polar surface area (TPSA) is 12.4 Å². The molecule has 1 saturated carbocycles. The number of aliphatic imine (C=N–C) groups is 1.